The van der Waals surface area contributed by atoms with Crippen molar-refractivity contribution in [3.8, 4) is 0 Å². The van der Waals surface area contributed by atoms with E-state index in [0.717, 1.165) is 32.6 Å². The second-order valence-electron chi connectivity index (χ2n) is 8.29. The number of rotatable bonds is 2. The van der Waals surface area contributed by atoms with Gasteiger partial charge in [0.15, 0.2) is 0 Å². The number of aliphatic carboxylic acids is 2. The number of benzene rings is 1. The van der Waals surface area contributed by atoms with Crippen molar-refractivity contribution in [1.29, 1.82) is 0 Å². The number of carbonyl (C=O) groups is 3. The first-order chi connectivity index (χ1) is 17.1. The van der Waals surface area contributed by atoms with Gasteiger partial charge in [-0.15, -0.1) is 0 Å². The van der Waals surface area contributed by atoms with E-state index < -0.39 is 24.3 Å². The number of carbonyl (C=O) groups excluding carboxylic acids is 1. The minimum absolute atomic E-state index is 0.00293. The van der Waals surface area contributed by atoms with Crippen molar-refractivity contribution < 1.29 is 50.9 Å². The Morgan fingerprint density at radius 1 is 0.919 bits per heavy atom. The van der Waals surface area contributed by atoms with Crippen LogP contribution in [0.15, 0.2) is 48.7 Å². The molecule has 1 spiro atoms. The van der Waals surface area contributed by atoms with E-state index in [-0.39, 0.29) is 11.3 Å². The van der Waals surface area contributed by atoms with Gasteiger partial charge in [0, 0.05) is 39.3 Å². The molecular weight excluding hydrogens is 512 g/mol. The van der Waals surface area contributed by atoms with Crippen LogP contribution in [-0.4, -0.2) is 69.9 Å². The number of nitrogens with zero attached hydrogens (tertiary/aromatic N) is 3. The molecule has 14 heteroatoms. The summed E-state index contributed by atoms with van der Waals surface area (Å²) in [6, 6.07) is 14.7. The zero-order valence-electron chi connectivity index (χ0n) is 19.4. The molecule has 1 amide bonds. The van der Waals surface area contributed by atoms with Gasteiger partial charge in [-0.05, 0) is 24.1 Å². The first kappa shape index (κ1) is 29.4. The number of carboxylic acids is 2. The second-order valence-corrected chi connectivity index (χ2v) is 8.29. The zero-order chi connectivity index (χ0) is 28.0. The molecular formula is C23H23F6N3O5. The Labute approximate surface area is 207 Å². The molecule has 4 rings (SSSR count). The molecule has 1 fully saturated rings. The smallest absolute Gasteiger partial charge is 0.475 e. The second kappa shape index (κ2) is 11.5. The number of halogens is 6. The predicted octanol–water partition coefficient (Wildman–Crippen LogP) is 3.86. The van der Waals surface area contributed by atoms with Crippen LogP contribution in [0.5, 0.6) is 0 Å². The Morgan fingerprint density at radius 2 is 1.46 bits per heavy atom. The highest BCUT2D eigenvalue weighted by molar-refractivity contribution is 5.74. The molecule has 8 nitrogen and oxygen atoms in total. The molecule has 3 heterocycles. The number of hydrogen-bond donors (Lipinski definition) is 2. The lowest BCUT2D eigenvalue weighted by Gasteiger charge is -2.25. The first-order valence-electron chi connectivity index (χ1n) is 10.7. The maximum absolute atomic E-state index is 11.8. The molecule has 0 saturated carbocycles. The van der Waals surface area contributed by atoms with E-state index >= 15 is 0 Å². The molecule has 1 aromatic heterocycles. The largest absolute Gasteiger partial charge is 0.490 e. The Bertz CT molecular complexity index is 1090. The summed E-state index contributed by atoms with van der Waals surface area (Å²) in [6.07, 6.45) is -7.29. The van der Waals surface area contributed by atoms with E-state index in [4.69, 9.17) is 24.8 Å². The SMILES string of the molecule is CC(=O)N1CCC2(C1)CN(Cc1ccccc1)c1cccnc12.O=C(O)C(F)(F)F.O=C(O)C(F)(F)F. The van der Waals surface area contributed by atoms with Crippen molar-refractivity contribution in [2.75, 3.05) is 24.5 Å². The molecule has 2 aliphatic heterocycles. The van der Waals surface area contributed by atoms with Gasteiger partial charge in [0.2, 0.25) is 5.91 Å². The summed E-state index contributed by atoms with van der Waals surface area (Å²) < 4.78 is 63.5. The van der Waals surface area contributed by atoms with Crippen LogP contribution >= 0.6 is 0 Å². The van der Waals surface area contributed by atoms with E-state index in [1.54, 1.807) is 6.92 Å². The van der Waals surface area contributed by atoms with Crippen molar-refractivity contribution in [1.82, 2.24) is 9.88 Å². The van der Waals surface area contributed by atoms with Crippen LogP contribution in [-0.2, 0) is 26.3 Å². The number of pyridine rings is 1. The fraction of sp³-hybridized carbons (Fsp3) is 0.391. The third-order valence-corrected chi connectivity index (χ3v) is 5.62. The summed E-state index contributed by atoms with van der Waals surface area (Å²) in [5.41, 5.74) is 3.69. The van der Waals surface area contributed by atoms with Gasteiger partial charge in [0.25, 0.3) is 0 Å². The Hall–Kier alpha value is -3.84. The minimum Gasteiger partial charge on any atom is -0.475 e. The topological polar surface area (TPSA) is 111 Å². The lowest BCUT2D eigenvalue weighted by atomic mass is 9.85. The van der Waals surface area contributed by atoms with Gasteiger partial charge >= 0.3 is 24.3 Å². The molecule has 202 valence electrons. The summed E-state index contributed by atoms with van der Waals surface area (Å²) in [6.45, 7) is 5.12. The van der Waals surface area contributed by atoms with Gasteiger partial charge in [0.05, 0.1) is 16.8 Å². The summed E-state index contributed by atoms with van der Waals surface area (Å²) in [4.78, 5) is 38.6. The van der Waals surface area contributed by atoms with Gasteiger partial charge in [-0.25, -0.2) is 9.59 Å². The number of fused-ring (bicyclic) bond motifs is 2. The number of amides is 1. The Morgan fingerprint density at radius 3 is 1.92 bits per heavy atom. The van der Waals surface area contributed by atoms with Gasteiger partial charge in [0.1, 0.15) is 0 Å². The molecule has 1 saturated heterocycles. The first-order valence-corrected chi connectivity index (χ1v) is 10.7. The fourth-order valence-corrected chi connectivity index (χ4v) is 3.99. The number of aromatic nitrogens is 1. The highest BCUT2D eigenvalue weighted by Crippen LogP contribution is 2.45. The van der Waals surface area contributed by atoms with E-state index in [0.29, 0.717) is 0 Å². The van der Waals surface area contributed by atoms with Crippen molar-refractivity contribution >= 4 is 23.5 Å². The van der Waals surface area contributed by atoms with Crippen LogP contribution in [0.25, 0.3) is 0 Å². The van der Waals surface area contributed by atoms with Crippen molar-refractivity contribution in [2.24, 2.45) is 0 Å². The number of alkyl halides is 6. The van der Waals surface area contributed by atoms with Crippen LogP contribution < -0.4 is 4.90 Å². The van der Waals surface area contributed by atoms with Crippen LogP contribution in [0.3, 0.4) is 0 Å². The molecule has 1 aromatic carbocycles. The van der Waals surface area contributed by atoms with Crippen molar-refractivity contribution in [3.05, 3.63) is 59.9 Å². The molecule has 1 unspecified atom stereocenters. The third-order valence-electron chi connectivity index (χ3n) is 5.62. The fourth-order valence-electron chi connectivity index (χ4n) is 3.99. The normalized spacial score (nSPS) is 18.4. The quantitative estimate of drug-likeness (QED) is 0.562. The highest BCUT2D eigenvalue weighted by Gasteiger charge is 2.49. The summed E-state index contributed by atoms with van der Waals surface area (Å²) in [5.74, 6) is -5.35. The standard InChI is InChI=1S/C19H21N3O.2C2HF3O2/c1-15(23)21-11-9-19(13-21)14-22(12-16-6-3-2-4-7-16)17-8-5-10-20-18(17)19;2*3-2(4,5)1(6)7/h2-8,10H,9,11-14H2,1H3;2*(H,6,7). The summed E-state index contributed by atoms with van der Waals surface area (Å²) in [5, 5.41) is 14.2. The van der Waals surface area contributed by atoms with E-state index in [1.165, 1.54) is 16.9 Å². The van der Waals surface area contributed by atoms with E-state index in [9.17, 15) is 31.1 Å². The van der Waals surface area contributed by atoms with Gasteiger partial charge in [-0.2, -0.15) is 26.3 Å². The lowest BCUT2D eigenvalue weighted by molar-refractivity contribution is -0.193. The lowest BCUT2D eigenvalue weighted by Crippen LogP contribution is -2.37. The van der Waals surface area contributed by atoms with Crippen molar-refractivity contribution in [2.45, 2.75) is 37.7 Å². The molecule has 37 heavy (non-hydrogen) atoms. The molecule has 1 atom stereocenters. The monoisotopic (exact) mass is 535 g/mol. The molecule has 2 aliphatic rings. The third kappa shape index (κ3) is 7.82. The average molecular weight is 535 g/mol. The highest BCUT2D eigenvalue weighted by atomic mass is 19.4. The van der Waals surface area contributed by atoms with Crippen LogP contribution in [0.4, 0.5) is 32.0 Å². The van der Waals surface area contributed by atoms with Crippen LogP contribution in [0.1, 0.15) is 24.6 Å². The summed E-state index contributed by atoms with van der Waals surface area (Å²) in [7, 11) is 0. The predicted molar refractivity (Wildman–Crippen MR) is 118 cm³/mol. The molecule has 2 aromatic rings. The maximum Gasteiger partial charge on any atom is 0.490 e. The number of hydrogen-bond acceptors (Lipinski definition) is 5. The van der Waals surface area contributed by atoms with Crippen molar-refractivity contribution in [3.63, 3.8) is 0 Å². The van der Waals surface area contributed by atoms with Gasteiger partial charge in [-0.1, -0.05) is 30.3 Å². The van der Waals surface area contributed by atoms with Crippen LogP contribution in [0, 0.1) is 0 Å². The number of anilines is 1. The van der Waals surface area contributed by atoms with E-state index in [2.05, 4.69) is 35.2 Å². The summed E-state index contributed by atoms with van der Waals surface area (Å²) >= 11 is 0. The minimum atomic E-state index is -5.08. The van der Waals surface area contributed by atoms with Gasteiger partial charge in [-0.3, -0.25) is 9.78 Å². The zero-order valence-corrected chi connectivity index (χ0v) is 19.4. The maximum atomic E-state index is 11.8. The Kier molecular flexibility index (Phi) is 9.12. The number of carboxylic acid groups (broad SMARTS) is 2. The average Bonchev–Trinajstić information content (AvgIpc) is 3.37. The molecule has 2 N–H and O–H groups in total. The molecule has 0 aliphatic carbocycles. The van der Waals surface area contributed by atoms with E-state index in [1.807, 2.05) is 23.2 Å². The number of likely N-dealkylation sites (tertiary alicyclic amines) is 1. The molecule has 0 bridgehead atoms. The molecule has 0 radical (unpaired) electrons. The Balaban J connectivity index is 0.000000286. The van der Waals surface area contributed by atoms with Crippen LogP contribution in [0.2, 0.25) is 0 Å². The van der Waals surface area contributed by atoms with Gasteiger partial charge < -0.3 is 20.0 Å².